The fourth-order valence-electron chi connectivity index (χ4n) is 3.70. The quantitative estimate of drug-likeness (QED) is 0.811. The van der Waals surface area contributed by atoms with Gasteiger partial charge in [-0.15, -0.1) is 0 Å². The number of aromatic nitrogens is 1. The summed E-state index contributed by atoms with van der Waals surface area (Å²) in [5.74, 6) is 0.765. The molecule has 0 spiro atoms. The molecule has 2 N–H and O–H groups in total. The van der Waals surface area contributed by atoms with Gasteiger partial charge < -0.3 is 14.6 Å². The maximum atomic E-state index is 13.2. The second-order valence-electron chi connectivity index (χ2n) is 7.41. The van der Waals surface area contributed by atoms with E-state index in [2.05, 4.69) is 17.4 Å². The molecule has 1 aromatic rings. The Kier molecular flexibility index (Phi) is 5.45. The number of nitrogens with zero attached hydrogens (tertiary/aromatic N) is 1. The first kappa shape index (κ1) is 19.0. The lowest BCUT2D eigenvalue weighted by molar-refractivity contribution is -0.159. The fraction of sp³-hybridized carbons (Fsp3) is 0.765. The van der Waals surface area contributed by atoms with Gasteiger partial charge in [0.2, 0.25) is 0 Å². The highest BCUT2D eigenvalue weighted by molar-refractivity contribution is 5.88. The zero-order valence-corrected chi connectivity index (χ0v) is 14.7. The number of hydrogen-bond acceptors (Lipinski definition) is 4. The number of hydrogen-bond donors (Lipinski definition) is 2. The van der Waals surface area contributed by atoms with Crippen LogP contribution in [0.1, 0.15) is 57.6 Å². The molecule has 2 heterocycles. The van der Waals surface area contributed by atoms with Crippen molar-refractivity contribution in [1.29, 1.82) is 0 Å². The van der Waals surface area contributed by atoms with Crippen LogP contribution in [0.5, 0.6) is 0 Å². The van der Waals surface area contributed by atoms with E-state index in [1.807, 2.05) is 5.32 Å². The van der Waals surface area contributed by atoms with E-state index < -0.39 is 24.4 Å². The number of carbonyl (C=O) groups is 1. The van der Waals surface area contributed by atoms with Gasteiger partial charge in [-0.05, 0) is 25.7 Å². The Balaban J connectivity index is 1.58. The molecule has 1 saturated carbocycles. The first-order chi connectivity index (χ1) is 12.3. The van der Waals surface area contributed by atoms with E-state index in [0.29, 0.717) is 18.8 Å². The minimum Gasteiger partial charge on any atom is -0.378 e. The zero-order valence-electron chi connectivity index (χ0n) is 14.7. The number of alkyl halides is 3. The van der Waals surface area contributed by atoms with Gasteiger partial charge >= 0.3 is 12.2 Å². The molecule has 1 aromatic heterocycles. The lowest BCUT2D eigenvalue weighted by Crippen LogP contribution is -2.48. The summed E-state index contributed by atoms with van der Waals surface area (Å²) in [6.45, 7) is 2.52. The van der Waals surface area contributed by atoms with E-state index in [9.17, 15) is 18.0 Å². The van der Waals surface area contributed by atoms with E-state index in [4.69, 9.17) is 9.26 Å². The van der Waals surface area contributed by atoms with Gasteiger partial charge in [-0.3, -0.25) is 5.32 Å². The monoisotopic (exact) mass is 375 g/mol. The van der Waals surface area contributed by atoms with Gasteiger partial charge in [0, 0.05) is 24.5 Å². The SMILES string of the molecule is CC1(c2cc(NC(=O)NC(CC3CCCO3)C(F)(F)F)no2)CCCC1. The predicted octanol–water partition coefficient (Wildman–Crippen LogP) is 4.13. The van der Waals surface area contributed by atoms with Crippen molar-refractivity contribution in [1.82, 2.24) is 10.5 Å². The molecule has 0 radical (unpaired) electrons. The molecular weight excluding hydrogens is 351 g/mol. The Bertz CT molecular complexity index is 620. The first-order valence-corrected chi connectivity index (χ1v) is 8.99. The third kappa shape index (κ3) is 4.49. The molecule has 6 nitrogen and oxygen atoms in total. The van der Waals surface area contributed by atoms with Gasteiger partial charge in [-0.1, -0.05) is 24.9 Å². The molecule has 2 fully saturated rings. The molecule has 1 saturated heterocycles. The van der Waals surface area contributed by atoms with Gasteiger partial charge in [0.05, 0.1) is 6.10 Å². The lowest BCUT2D eigenvalue weighted by atomic mass is 9.86. The summed E-state index contributed by atoms with van der Waals surface area (Å²) in [6, 6.07) is -1.33. The Morgan fingerprint density at radius 3 is 2.73 bits per heavy atom. The number of anilines is 1. The molecule has 2 amide bonds. The van der Waals surface area contributed by atoms with Crippen molar-refractivity contribution in [3.05, 3.63) is 11.8 Å². The number of carbonyl (C=O) groups excluding carboxylic acids is 1. The molecule has 0 aromatic carbocycles. The average Bonchev–Trinajstić information content (AvgIpc) is 3.27. The number of ether oxygens (including phenoxy) is 1. The van der Waals surface area contributed by atoms with Crippen LogP contribution in [0.15, 0.2) is 10.6 Å². The van der Waals surface area contributed by atoms with Crippen molar-refractivity contribution in [2.45, 2.75) is 75.6 Å². The Morgan fingerprint density at radius 2 is 2.12 bits per heavy atom. The minimum atomic E-state index is -4.55. The molecule has 1 aliphatic heterocycles. The molecule has 26 heavy (non-hydrogen) atoms. The number of rotatable bonds is 5. The molecule has 2 aliphatic rings. The van der Waals surface area contributed by atoms with Crippen LogP contribution in [-0.2, 0) is 10.2 Å². The summed E-state index contributed by atoms with van der Waals surface area (Å²) in [6.07, 6.45) is 0.102. The third-order valence-corrected chi connectivity index (χ3v) is 5.28. The van der Waals surface area contributed by atoms with Crippen LogP contribution < -0.4 is 10.6 Å². The third-order valence-electron chi connectivity index (χ3n) is 5.28. The topological polar surface area (TPSA) is 76.4 Å². The van der Waals surface area contributed by atoms with Gasteiger partial charge in [0.15, 0.2) is 5.82 Å². The van der Waals surface area contributed by atoms with Crippen LogP contribution in [0.4, 0.5) is 23.8 Å². The van der Waals surface area contributed by atoms with Gasteiger partial charge in [0.1, 0.15) is 11.8 Å². The average molecular weight is 375 g/mol. The van der Waals surface area contributed by atoms with Crippen LogP contribution in [0.2, 0.25) is 0 Å². The largest absolute Gasteiger partial charge is 0.408 e. The Hall–Kier alpha value is -1.77. The summed E-state index contributed by atoms with van der Waals surface area (Å²) in [7, 11) is 0. The van der Waals surface area contributed by atoms with Crippen molar-refractivity contribution in [2.24, 2.45) is 0 Å². The van der Waals surface area contributed by atoms with E-state index >= 15 is 0 Å². The van der Waals surface area contributed by atoms with Crippen LogP contribution >= 0.6 is 0 Å². The first-order valence-electron chi connectivity index (χ1n) is 8.99. The standard InChI is InChI=1S/C17H24F3N3O3/c1-16(6-2-3-7-16)13-10-14(23-26-13)22-15(24)21-12(17(18,19)20)9-11-5-4-8-25-11/h10-12H,2-9H2,1H3,(H2,21,22,23,24). The number of urea groups is 1. The summed E-state index contributed by atoms with van der Waals surface area (Å²) in [5.41, 5.74) is -0.127. The summed E-state index contributed by atoms with van der Waals surface area (Å²) in [5, 5.41) is 8.08. The molecule has 3 rings (SSSR count). The van der Waals surface area contributed by atoms with Crippen LogP contribution in [0, 0.1) is 0 Å². The summed E-state index contributed by atoms with van der Waals surface area (Å²) < 4.78 is 50.1. The molecule has 146 valence electrons. The molecule has 2 unspecified atom stereocenters. The fourth-order valence-corrected chi connectivity index (χ4v) is 3.70. The molecule has 1 aliphatic carbocycles. The van der Waals surface area contributed by atoms with Crippen LogP contribution in [-0.4, -0.2) is 36.1 Å². The molecule has 9 heteroatoms. The number of halogens is 3. The lowest BCUT2D eigenvalue weighted by Gasteiger charge is -2.24. The van der Waals surface area contributed by atoms with Crippen molar-refractivity contribution >= 4 is 11.8 Å². The summed E-state index contributed by atoms with van der Waals surface area (Å²) >= 11 is 0. The van der Waals surface area contributed by atoms with Gasteiger partial charge in [-0.25, -0.2) is 4.79 Å². The smallest absolute Gasteiger partial charge is 0.378 e. The highest BCUT2D eigenvalue weighted by Crippen LogP contribution is 2.41. The Morgan fingerprint density at radius 1 is 1.38 bits per heavy atom. The van der Waals surface area contributed by atoms with Crippen molar-refractivity contribution in [2.75, 3.05) is 11.9 Å². The minimum absolute atomic E-state index is 0.115. The Labute approximate surface area is 149 Å². The van der Waals surface area contributed by atoms with Crippen molar-refractivity contribution in [3.63, 3.8) is 0 Å². The van der Waals surface area contributed by atoms with E-state index in [0.717, 1.165) is 32.1 Å². The zero-order chi connectivity index (χ0) is 18.8. The highest BCUT2D eigenvalue weighted by atomic mass is 19.4. The number of nitrogens with one attached hydrogen (secondary N) is 2. The van der Waals surface area contributed by atoms with Gasteiger partial charge in [-0.2, -0.15) is 13.2 Å². The van der Waals surface area contributed by atoms with Crippen LogP contribution in [0.3, 0.4) is 0 Å². The maximum Gasteiger partial charge on any atom is 0.408 e. The van der Waals surface area contributed by atoms with E-state index in [-0.39, 0.29) is 17.7 Å². The predicted molar refractivity (Wildman–Crippen MR) is 87.9 cm³/mol. The second kappa shape index (κ2) is 7.46. The summed E-state index contributed by atoms with van der Waals surface area (Å²) in [4.78, 5) is 12.0. The van der Waals surface area contributed by atoms with Crippen LogP contribution in [0.25, 0.3) is 0 Å². The highest BCUT2D eigenvalue weighted by Gasteiger charge is 2.42. The van der Waals surface area contributed by atoms with E-state index in [1.165, 1.54) is 0 Å². The number of amides is 2. The van der Waals surface area contributed by atoms with Gasteiger partial charge in [0.25, 0.3) is 0 Å². The second-order valence-corrected chi connectivity index (χ2v) is 7.41. The van der Waals surface area contributed by atoms with Crippen molar-refractivity contribution < 1.29 is 27.2 Å². The maximum absolute atomic E-state index is 13.2. The molecule has 0 bridgehead atoms. The molecule has 2 atom stereocenters. The molecular formula is C17H24F3N3O3. The van der Waals surface area contributed by atoms with E-state index in [1.54, 1.807) is 6.07 Å². The normalized spacial score (nSPS) is 23.8. The van der Waals surface area contributed by atoms with Crippen molar-refractivity contribution in [3.8, 4) is 0 Å².